The molecule has 0 aliphatic carbocycles. The first-order valence-electron chi connectivity index (χ1n) is 5.28. The highest BCUT2D eigenvalue weighted by Gasteiger charge is 2.04. The lowest BCUT2D eigenvalue weighted by atomic mass is 10.2. The third kappa shape index (κ3) is 4.73. The number of methoxy groups -OCH3 is 1. The van der Waals surface area contributed by atoms with Crippen LogP contribution in [0.2, 0.25) is 0 Å². The van der Waals surface area contributed by atoms with E-state index < -0.39 is 0 Å². The van der Waals surface area contributed by atoms with Crippen molar-refractivity contribution in [3.05, 3.63) is 28.2 Å². The largest absolute Gasteiger partial charge is 0.382 e. The molecule has 1 rings (SSSR count). The van der Waals surface area contributed by atoms with Crippen molar-refractivity contribution in [2.45, 2.75) is 0 Å². The number of hydrogen-bond donors (Lipinski definition) is 1. The van der Waals surface area contributed by atoms with Crippen LogP contribution in [0.4, 0.5) is 5.69 Å². The maximum atomic E-state index is 9.00. The van der Waals surface area contributed by atoms with Gasteiger partial charge in [-0.2, -0.15) is 5.26 Å². The summed E-state index contributed by atoms with van der Waals surface area (Å²) in [4.78, 5) is 0. The van der Waals surface area contributed by atoms with E-state index in [0.29, 0.717) is 31.9 Å². The molecule has 0 spiro atoms. The number of halogens is 1. The smallest absolute Gasteiger partial charge is 0.103 e. The molecule has 0 fully saturated rings. The Bertz CT molecular complexity index is 391. The Balaban J connectivity index is 2.37. The minimum Gasteiger partial charge on any atom is -0.382 e. The van der Waals surface area contributed by atoms with Gasteiger partial charge in [0.2, 0.25) is 0 Å². The lowest BCUT2D eigenvalue weighted by Gasteiger charge is -2.09. The van der Waals surface area contributed by atoms with Crippen molar-refractivity contribution in [1.29, 1.82) is 5.26 Å². The van der Waals surface area contributed by atoms with Gasteiger partial charge in [-0.15, -0.1) is 0 Å². The molecule has 0 aliphatic rings. The summed E-state index contributed by atoms with van der Waals surface area (Å²) in [6.45, 7) is 2.43. The van der Waals surface area contributed by atoms with Crippen molar-refractivity contribution in [3.8, 4) is 6.07 Å². The molecular formula is C12H15BrN2O2. The fraction of sp³-hybridized carbons (Fsp3) is 0.417. The van der Waals surface area contributed by atoms with Crippen molar-refractivity contribution in [2.75, 3.05) is 38.8 Å². The fourth-order valence-corrected chi connectivity index (χ4v) is 1.74. The van der Waals surface area contributed by atoms with Crippen LogP contribution in [0.3, 0.4) is 0 Å². The van der Waals surface area contributed by atoms with Crippen molar-refractivity contribution in [3.63, 3.8) is 0 Å². The molecule has 0 aliphatic heterocycles. The predicted molar refractivity (Wildman–Crippen MR) is 70.0 cm³/mol. The molecule has 0 heterocycles. The summed E-state index contributed by atoms with van der Waals surface area (Å²) < 4.78 is 11.0. The SMILES string of the molecule is COCCOCCNc1cccc(Br)c1C#N. The summed E-state index contributed by atoms with van der Waals surface area (Å²) in [5.74, 6) is 0. The zero-order valence-corrected chi connectivity index (χ0v) is 11.3. The van der Waals surface area contributed by atoms with E-state index in [0.717, 1.165) is 10.2 Å². The average molecular weight is 299 g/mol. The molecule has 0 bridgehead atoms. The second-order valence-corrected chi connectivity index (χ2v) is 4.16. The molecule has 0 aromatic heterocycles. The molecule has 0 atom stereocenters. The highest BCUT2D eigenvalue weighted by atomic mass is 79.9. The van der Waals surface area contributed by atoms with E-state index in [4.69, 9.17) is 14.7 Å². The van der Waals surface area contributed by atoms with Crippen LogP contribution in [0.15, 0.2) is 22.7 Å². The van der Waals surface area contributed by atoms with E-state index in [2.05, 4.69) is 27.3 Å². The van der Waals surface area contributed by atoms with E-state index in [9.17, 15) is 0 Å². The van der Waals surface area contributed by atoms with Gasteiger partial charge >= 0.3 is 0 Å². The molecule has 1 aromatic carbocycles. The summed E-state index contributed by atoms with van der Waals surface area (Å²) in [6, 6.07) is 7.76. The molecule has 5 heteroatoms. The van der Waals surface area contributed by atoms with Gasteiger partial charge in [-0.25, -0.2) is 0 Å². The zero-order chi connectivity index (χ0) is 12.5. The number of anilines is 1. The van der Waals surface area contributed by atoms with E-state index in [1.165, 1.54) is 0 Å². The summed E-state index contributed by atoms with van der Waals surface area (Å²) in [5.41, 5.74) is 1.43. The van der Waals surface area contributed by atoms with Crippen LogP contribution in [0, 0.1) is 11.3 Å². The van der Waals surface area contributed by atoms with Gasteiger partial charge in [0, 0.05) is 18.1 Å². The van der Waals surface area contributed by atoms with Gasteiger partial charge < -0.3 is 14.8 Å². The Morgan fingerprint density at radius 3 is 2.88 bits per heavy atom. The van der Waals surface area contributed by atoms with Crippen molar-refractivity contribution < 1.29 is 9.47 Å². The fourth-order valence-electron chi connectivity index (χ4n) is 1.29. The van der Waals surface area contributed by atoms with E-state index in [1.54, 1.807) is 7.11 Å². The molecule has 1 N–H and O–H groups in total. The molecule has 4 nitrogen and oxygen atoms in total. The van der Waals surface area contributed by atoms with Crippen molar-refractivity contribution in [2.24, 2.45) is 0 Å². The number of ether oxygens (including phenoxy) is 2. The summed E-state index contributed by atoms with van der Waals surface area (Å²) in [7, 11) is 1.64. The van der Waals surface area contributed by atoms with Crippen LogP contribution in [0.25, 0.3) is 0 Å². The number of nitrogens with zero attached hydrogens (tertiary/aromatic N) is 1. The maximum Gasteiger partial charge on any atom is 0.103 e. The normalized spacial score (nSPS) is 9.94. The Morgan fingerprint density at radius 1 is 1.35 bits per heavy atom. The first kappa shape index (κ1) is 14.0. The van der Waals surface area contributed by atoms with Gasteiger partial charge in [-0.05, 0) is 28.1 Å². The van der Waals surface area contributed by atoms with Crippen LogP contribution < -0.4 is 5.32 Å². The van der Waals surface area contributed by atoms with Crippen molar-refractivity contribution in [1.82, 2.24) is 0 Å². The number of hydrogen-bond acceptors (Lipinski definition) is 4. The van der Waals surface area contributed by atoms with Gasteiger partial charge in [-0.3, -0.25) is 0 Å². The molecule has 17 heavy (non-hydrogen) atoms. The van der Waals surface area contributed by atoms with Gasteiger partial charge in [0.05, 0.1) is 31.1 Å². The highest BCUT2D eigenvalue weighted by molar-refractivity contribution is 9.10. The molecular weight excluding hydrogens is 284 g/mol. The third-order valence-corrected chi connectivity index (χ3v) is 2.78. The number of nitrogens with one attached hydrogen (secondary N) is 1. The Morgan fingerprint density at radius 2 is 2.18 bits per heavy atom. The Kier molecular flexibility index (Phi) is 6.63. The molecule has 0 saturated carbocycles. The van der Waals surface area contributed by atoms with Crippen LogP contribution >= 0.6 is 15.9 Å². The van der Waals surface area contributed by atoms with Crippen LogP contribution in [0.1, 0.15) is 5.56 Å². The van der Waals surface area contributed by atoms with Gasteiger partial charge in [0.25, 0.3) is 0 Å². The third-order valence-electron chi connectivity index (χ3n) is 2.12. The van der Waals surface area contributed by atoms with Crippen LogP contribution in [-0.4, -0.2) is 33.5 Å². The molecule has 92 valence electrons. The second-order valence-electron chi connectivity index (χ2n) is 3.31. The number of rotatable bonds is 7. The molecule has 0 saturated heterocycles. The Labute approximate surface area is 110 Å². The first-order valence-corrected chi connectivity index (χ1v) is 6.08. The summed E-state index contributed by atoms with van der Waals surface area (Å²) in [6.07, 6.45) is 0. The van der Waals surface area contributed by atoms with Gasteiger partial charge in [-0.1, -0.05) is 6.07 Å². The topological polar surface area (TPSA) is 54.3 Å². The average Bonchev–Trinajstić information content (AvgIpc) is 2.34. The minimum atomic E-state index is 0.584. The van der Waals surface area contributed by atoms with Crippen LogP contribution in [0.5, 0.6) is 0 Å². The van der Waals surface area contributed by atoms with E-state index in [-0.39, 0.29) is 0 Å². The molecule has 1 aromatic rings. The second kappa shape index (κ2) is 8.07. The minimum absolute atomic E-state index is 0.584. The van der Waals surface area contributed by atoms with Crippen molar-refractivity contribution >= 4 is 21.6 Å². The molecule has 0 amide bonds. The zero-order valence-electron chi connectivity index (χ0n) is 9.70. The quantitative estimate of drug-likeness (QED) is 0.786. The monoisotopic (exact) mass is 298 g/mol. The Hall–Kier alpha value is -1.09. The molecule has 0 unspecified atom stereocenters. The highest BCUT2D eigenvalue weighted by Crippen LogP contribution is 2.23. The summed E-state index contributed by atoms with van der Waals surface area (Å²) >= 11 is 3.34. The lowest BCUT2D eigenvalue weighted by molar-refractivity contribution is 0.0759. The van der Waals surface area contributed by atoms with Gasteiger partial charge in [0.15, 0.2) is 0 Å². The summed E-state index contributed by atoms with van der Waals surface area (Å²) in [5, 5.41) is 12.2. The van der Waals surface area contributed by atoms with E-state index >= 15 is 0 Å². The number of nitriles is 1. The predicted octanol–water partition coefficient (Wildman–Crippen LogP) is 2.40. The first-order chi connectivity index (χ1) is 8.29. The van der Waals surface area contributed by atoms with Crippen LogP contribution in [-0.2, 0) is 9.47 Å². The maximum absolute atomic E-state index is 9.00. The number of benzene rings is 1. The molecule has 0 radical (unpaired) electrons. The van der Waals surface area contributed by atoms with E-state index in [1.807, 2.05) is 18.2 Å². The lowest BCUT2D eigenvalue weighted by Crippen LogP contribution is -2.12. The van der Waals surface area contributed by atoms with Gasteiger partial charge in [0.1, 0.15) is 6.07 Å². The standard InChI is InChI=1S/C12H15BrN2O2/c1-16-7-8-17-6-5-15-12-4-2-3-11(13)10(12)9-14/h2-4,15H,5-8H2,1H3.